The molecular formula is C18H26N6O2S. The average Bonchev–Trinajstić information content (AvgIpc) is 3.11. The van der Waals surface area contributed by atoms with E-state index in [1.165, 1.54) is 0 Å². The molecule has 2 fully saturated rings. The van der Waals surface area contributed by atoms with Crippen LogP contribution in [-0.2, 0) is 16.0 Å². The van der Waals surface area contributed by atoms with Crippen molar-refractivity contribution in [3.05, 3.63) is 5.69 Å². The van der Waals surface area contributed by atoms with E-state index in [-0.39, 0.29) is 23.9 Å². The lowest BCUT2D eigenvalue weighted by atomic mass is 10.2. The van der Waals surface area contributed by atoms with Gasteiger partial charge in [0.2, 0.25) is 17.8 Å². The summed E-state index contributed by atoms with van der Waals surface area (Å²) in [4.78, 5) is 43.0. The van der Waals surface area contributed by atoms with Crippen molar-refractivity contribution in [3.8, 4) is 0 Å². The number of thioether (sulfide) groups is 1. The third kappa shape index (κ3) is 3.22. The summed E-state index contributed by atoms with van der Waals surface area (Å²) in [5.41, 5.74) is 1.04. The molecule has 2 unspecified atom stereocenters. The Morgan fingerprint density at radius 3 is 2.15 bits per heavy atom. The van der Waals surface area contributed by atoms with E-state index in [9.17, 15) is 9.59 Å². The molecule has 2 atom stereocenters. The highest BCUT2D eigenvalue weighted by atomic mass is 32.2. The van der Waals surface area contributed by atoms with Crippen LogP contribution in [-0.4, -0.2) is 89.7 Å². The highest BCUT2D eigenvalue weighted by molar-refractivity contribution is 7.99. The van der Waals surface area contributed by atoms with Gasteiger partial charge < -0.3 is 19.6 Å². The first kappa shape index (κ1) is 18.3. The maximum absolute atomic E-state index is 12.4. The zero-order valence-electron chi connectivity index (χ0n) is 16.3. The lowest BCUT2D eigenvalue weighted by molar-refractivity contribution is -0.132. The summed E-state index contributed by atoms with van der Waals surface area (Å²) in [5, 5.41) is 0. The number of likely N-dealkylation sites (N-methyl/N-ethyl adjacent to an activating group) is 2. The largest absolute Gasteiger partial charge is 0.344 e. The number of aryl methyl sites for hydroxylation is 1. The Kier molecular flexibility index (Phi) is 4.65. The molecule has 9 heteroatoms. The van der Waals surface area contributed by atoms with Gasteiger partial charge in [0.1, 0.15) is 12.4 Å². The van der Waals surface area contributed by atoms with E-state index in [1.807, 2.05) is 25.9 Å². The molecule has 3 aliphatic heterocycles. The lowest BCUT2D eigenvalue weighted by Gasteiger charge is -2.39. The molecule has 0 radical (unpaired) electrons. The Balaban J connectivity index is 1.69. The summed E-state index contributed by atoms with van der Waals surface area (Å²) in [7, 11) is 3.69. The van der Waals surface area contributed by atoms with Gasteiger partial charge in [-0.3, -0.25) is 9.59 Å². The molecule has 4 heterocycles. The summed E-state index contributed by atoms with van der Waals surface area (Å²) in [6, 6.07) is 0.253. The van der Waals surface area contributed by atoms with Crippen LogP contribution in [0, 0.1) is 0 Å². The maximum Gasteiger partial charge on any atom is 0.242 e. The predicted molar refractivity (Wildman–Crippen MR) is 105 cm³/mol. The molecule has 0 aromatic carbocycles. The van der Waals surface area contributed by atoms with E-state index in [4.69, 9.17) is 9.97 Å². The summed E-state index contributed by atoms with van der Waals surface area (Å²) in [6.45, 7) is 6.19. The van der Waals surface area contributed by atoms with Gasteiger partial charge in [-0.1, -0.05) is 0 Å². The van der Waals surface area contributed by atoms with Crippen LogP contribution < -0.4 is 9.80 Å². The minimum absolute atomic E-state index is 0.0807. The van der Waals surface area contributed by atoms with E-state index in [2.05, 4.69) is 11.8 Å². The molecule has 8 nitrogen and oxygen atoms in total. The van der Waals surface area contributed by atoms with Gasteiger partial charge in [0.15, 0.2) is 0 Å². The van der Waals surface area contributed by atoms with Gasteiger partial charge in [-0.25, -0.2) is 4.98 Å². The van der Waals surface area contributed by atoms with Gasteiger partial charge in [-0.15, -0.1) is 11.8 Å². The molecule has 3 aliphatic rings. The van der Waals surface area contributed by atoms with Crippen LogP contribution in [0.25, 0.3) is 0 Å². The molecule has 2 saturated heterocycles. The number of carbonyl (C=O) groups is 2. The lowest BCUT2D eigenvalue weighted by Crippen LogP contribution is -2.55. The summed E-state index contributed by atoms with van der Waals surface area (Å²) in [5.74, 6) is 2.63. The Labute approximate surface area is 163 Å². The van der Waals surface area contributed by atoms with Gasteiger partial charge in [-0.2, -0.15) is 4.98 Å². The normalized spacial score (nSPS) is 26.1. The van der Waals surface area contributed by atoms with Crippen molar-refractivity contribution in [1.29, 1.82) is 0 Å². The minimum Gasteiger partial charge on any atom is -0.344 e. The molecule has 0 N–H and O–H groups in total. The van der Waals surface area contributed by atoms with Crippen molar-refractivity contribution in [2.75, 3.05) is 55.8 Å². The average molecular weight is 391 g/mol. The molecule has 146 valence electrons. The Hall–Kier alpha value is -2.03. The van der Waals surface area contributed by atoms with E-state index < -0.39 is 0 Å². The number of hydrogen-bond acceptors (Lipinski definition) is 7. The predicted octanol–water partition coefficient (Wildman–Crippen LogP) is 0.459. The second-order valence-corrected chi connectivity index (χ2v) is 8.80. The van der Waals surface area contributed by atoms with Crippen molar-refractivity contribution < 1.29 is 9.59 Å². The van der Waals surface area contributed by atoms with Crippen LogP contribution in [0.5, 0.6) is 0 Å². The zero-order chi connectivity index (χ0) is 19.3. The molecule has 0 saturated carbocycles. The minimum atomic E-state index is 0.0807. The van der Waals surface area contributed by atoms with Crippen molar-refractivity contribution in [3.63, 3.8) is 0 Å². The first-order valence-corrected chi connectivity index (χ1v) is 10.4. The highest BCUT2D eigenvalue weighted by Crippen LogP contribution is 2.39. The smallest absolute Gasteiger partial charge is 0.242 e. The molecule has 27 heavy (non-hydrogen) atoms. The van der Waals surface area contributed by atoms with Crippen LogP contribution in [0.2, 0.25) is 0 Å². The van der Waals surface area contributed by atoms with E-state index in [0.717, 1.165) is 35.1 Å². The van der Waals surface area contributed by atoms with Gasteiger partial charge in [0.25, 0.3) is 0 Å². The number of fused-ring (bicyclic) bond motifs is 1. The van der Waals surface area contributed by atoms with Gasteiger partial charge in [0, 0.05) is 51.4 Å². The number of anilines is 2. The number of nitrogens with zero attached hydrogens (tertiary/aromatic N) is 6. The van der Waals surface area contributed by atoms with Crippen LogP contribution in [0.15, 0.2) is 4.90 Å². The second kappa shape index (κ2) is 6.85. The summed E-state index contributed by atoms with van der Waals surface area (Å²) in [6.07, 6.45) is 0.900. The number of hydrogen-bond donors (Lipinski definition) is 0. The van der Waals surface area contributed by atoms with Crippen LogP contribution in [0.4, 0.5) is 11.8 Å². The molecule has 2 amide bonds. The van der Waals surface area contributed by atoms with Gasteiger partial charge >= 0.3 is 0 Å². The SMILES string of the molecule is CC1CN(c2nc3c(c(N4CC(=O)N(C)C(C)C4)n2)SCC3)CC(=O)N1C. The summed E-state index contributed by atoms with van der Waals surface area (Å²) < 4.78 is 0. The monoisotopic (exact) mass is 390 g/mol. The Bertz CT molecular complexity index is 787. The van der Waals surface area contributed by atoms with E-state index >= 15 is 0 Å². The van der Waals surface area contributed by atoms with Crippen LogP contribution in [0.3, 0.4) is 0 Å². The molecule has 0 aliphatic carbocycles. The number of piperazine rings is 2. The van der Waals surface area contributed by atoms with Gasteiger partial charge in [-0.05, 0) is 13.8 Å². The quantitative estimate of drug-likeness (QED) is 0.726. The van der Waals surface area contributed by atoms with Crippen molar-refractivity contribution >= 4 is 35.3 Å². The molecule has 1 aromatic heterocycles. The molecule has 0 spiro atoms. The van der Waals surface area contributed by atoms with Gasteiger partial charge in [0.05, 0.1) is 17.1 Å². The molecule has 1 aromatic rings. The fourth-order valence-electron chi connectivity index (χ4n) is 3.76. The molecule has 4 rings (SSSR count). The standard InChI is InChI=1S/C18H26N6O2S/c1-11-7-23(9-14(25)21(11)3)17-16-13(5-6-27-16)19-18(20-17)24-8-12(2)22(4)15(26)10-24/h11-12H,5-10H2,1-4H3. The Morgan fingerprint density at radius 2 is 1.52 bits per heavy atom. The third-order valence-electron chi connectivity index (χ3n) is 5.80. The topological polar surface area (TPSA) is 72.9 Å². The van der Waals surface area contributed by atoms with Crippen LogP contribution >= 0.6 is 11.8 Å². The summed E-state index contributed by atoms with van der Waals surface area (Å²) >= 11 is 1.76. The maximum atomic E-state index is 12.4. The van der Waals surface area contributed by atoms with Crippen molar-refractivity contribution in [2.24, 2.45) is 0 Å². The number of rotatable bonds is 2. The number of amides is 2. The number of carbonyl (C=O) groups excluding carboxylic acids is 2. The van der Waals surface area contributed by atoms with Crippen molar-refractivity contribution in [2.45, 2.75) is 37.2 Å². The first-order chi connectivity index (χ1) is 12.8. The second-order valence-electron chi connectivity index (χ2n) is 7.69. The third-order valence-corrected chi connectivity index (χ3v) is 6.92. The zero-order valence-corrected chi connectivity index (χ0v) is 17.1. The Morgan fingerprint density at radius 1 is 0.926 bits per heavy atom. The van der Waals surface area contributed by atoms with Crippen molar-refractivity contribution in [1.82, 2.24) is 19.8 Å². The molecular weight excluding hydrogens is 364 g/mol. The first-order valence-electron chi connectivity index (χ1n) is 9.40. The van der Waals surface area contributed by atoms with Crippen LogP contribution in [0.1, 0.15) is 19.5 Å². The fraction of sp³-hybridized carbons (Fsp3) is 0.667. The number of aromatic nitrogens is 2. The molecule has 0 bridgehead atoms. The fourth-order valence-corrected chi connectivity index (χ4v) is 4.88. The highest BCUT2D eigenvalue weighted by Gasteiger charge is 2.34. The van der Waals surface area contributed by atoms with E-state index in [0.29, 0.717) is 25.6 Å². The van der Waals surface area contributed by atoms with E-state index in [1.54, 1.807) is 21.6 Å².